The molecule has 0 rings (SSSR count). The molecule has 0 unspecified atom stereocenters. The molecular weight excluding hydrogens is 312 g/mol. The van der Waals surface area contributed by atoms with E-state index in [1.807, 2.05) is 0 Å². The minimum atomic E-state index is 0.0873. The number of rotatable bonds is 15. The first-order valence-electron chi connectivity index (χ1n) is 8.20. The van der Waals surface area contributed by atoms with Gasteiger partial charge in [0.1, 0.15) is 0 Å². The molecular formula is C16H31BrMgO. The Hall–Kier alpha value is 0.946. The van der Waals surface area contributed by atoms with Crippen LogP contribution in [0.4, 0.5) is 0 Å². The average molecular weight is 344 g/mol. The monoisotopic (exact) mass is 342 g/mol. The van der Waals surface area contributed by atoms with Gasteiger partial charge >= 0.3 is 18.2 Å². The highest BCUT2D eigenvalue weighted by Crippen LogP contribution is 2.07. The highest BCUT2D eigenvalue weighted by molar-refractivity contribution is 9.23. The fraction of sp³-hybridized carbons (Fsp3) is 0.875. The van der Waals surface area contributed by atoms with Crippen molar-refractivity contribution >= 4 is 31.1 Å². The van der Waals surface area contributed by atoms with Gasteiger partial charge in [0, 0.05) is 13.2 Å². The standard InChI is InChI=1S/C16H31O.BrH.Mg/c1-3-5-7-9-10-12-14-16-17-15-13-11-8-6-4-2;;/h6,8H,2-5,7,9-16H2,1H3;1H;/q;;+1/p-1/b8-6+;;. The maximum Gasteiger partial charge on any atom is 0.468 e. The molecule has 110 valence electrons. The molecule has 0 bridgehead atoms. The van der Waals surface area contributed by atoms with Crippen molar-refractivity contribution in [2.24, 2.45) is 0 Å². The van der Waals surface area contributed by atoms with Gasteiger partial charge in [-0.05, 0) is 19.3 Å². The second kappa shape index (κ2) is 18.9. The average Bonchev–Trinajstić information content (AvgIpc) is 2.43. The van der Waals surface area contributed by atoms with Gasteiger partial charge in [0.25, 0.3) is 0 Å². The van der Waals surface area contributed by atoms with E-state index in [9.17, 15) is 0 Å². The number of halogens is 1. The smallest absolute Gasteiger partial charge is 0.381 e. The highest BCUT2D eigenvalue weighted by Gasteiger charge is 1.92. The molecule has 3 heteroatoms. The number of unbranched alkanes of at least 4 members (excludes halogenated alkanes) is 7. The van der Waals surface area contributed by atoms with Crippen molar-refractivity contribution in [1.82, 2.24) is 0 Å². The van der Waals surface area contributed by atoms with Crippen LogP contribution in [0.15, 0.2) is 12.2 Å². The third-order valence-corrected chi connectivity index (χ3v) is 5.58. The van der Waals surface area contributed by atoms with Crippen LogP contribution in [-0.4, -0.2) is 31.4 Å². The molecule has 0 fully saturated rings. The number of ether oxygens (including phenoxy) is 1. The quantitative estimate of drug-likeness (QED) is 0.204. The van der Waals surface area contributed by atoms with E-state index in [4.69, 9.17) is 4.74 Å². The molecule has 0 N–H and O–H groups in total. The van der Waals surface area contributed by atoms with Crippen LogP contribution >= 0.6 is 12.9 Å². The van der Waals surface area contributed by atoms with Gasteiger partial charge in [0.05, 0.1) is 0 Å². The van der Waals surface area contributed by atoms with Crippen molar-refractivity contribution in [2.75, 3.05) is 13.2 Å². The fourth-order valence-corrected chi connectivity index (χ4v) is 3.36. The van der Waals surface area contributed by atoms with E-state index in [0.29, 0.717) is 0 Å². The van der Waals surface area contributed by atoms with Gasteiger partial charge in [0.2, 0.25) is 0 Å². The maximum atomic E-state index is 5.65. The van der Waals surface area contributed by atoms with Gasteiger partial charge in [0.15, 0.2) is 0 Å². The zero-order valence-electron chi connectivity index (χ0n) is 12.8. The summed E-state index contributed by atoms with van der Waals surface area (Å²) >= 11 is 3.66. The summed E-state index contributed by atoms with van der Waals surface area (Å²) in [7, 11) is 0. The Bertz CT molecular complexity index is 186. The highest BCUT2D eigenvalue weighted by atomic mass is 79.9. The fourth-order valence-electron chi connectivity index (χ4n) is 2.00. The zero-order chi connectivity index (χ0) is 14.0. The zero-order valence-corrected chi connectivity index (χ0v) is 15.8. The lowest BCUT2D eigenvalue weighted by molar-refractivity contribution is 0.128. The van der Waals surface area contributed by atoms with Crippen molar-refractivity contribution in [2.45, 2.75) is 75.7 Å². The first-order chi connectivity index (χ1) is 9.41. The molecule has 0 heterocycles. The van der Waals surface area contributed by atoms with Crippen molar-refractivity contribution in [1.29, 1.82) is 0 Å². The summed E-state index contributed by atoms with van der Waals surface area (Å²) in [5.41, 5.74) is 0. The predicted molar refractivity (Wildman–Crippen MR) is 91.3 cm³/mol. The predicted octanol–water partition coefficient (Wildman–Crippen LogP) is 5.91. The minimum Gasteiger partial charge on any atom is -0.381 e. The van der Waals surface area contributed by atoms with Crippen LogP contribution in [0.1, 0.15) is 71.1 Å². The van der Waals surface area contributed by atoms with E-state index < -0.39 is 0 Å². The summed E-state index contributed by atoms with van der Waals surface area (Å²) in [5.74, 6) is 0. The third-order valence-electron chi connectivity index (χ3n) is 3.22. The van der Waals surface area contributed by atoms with Gasteiger partial charge in [-0.3, -0.25) is 0 Å². The van der Waals surface area contributed by atoms with Crippen molar-refractivity contribution < 1.29 is 4.74 Å². The summed E-state index contributed by atoms with van der Waals surface area (Å²) < 4.78 is 7.03. The van der Waals surface area contributed by atoms with E-state index in [-0.39, 0.29) is 18.2 Å². The molecule has 1 nitrogen and oxygen atoms in total. The Morgan fingerprint density at radius 2 is 1.47 bits per heavy atom. The van der Waals surface area contributed by atoms with Gasteiger partial charge in [-0.15, -0.1) is 4.55 Å². The van der Waals surface area contributed by atoms with E-state index in [2.05, 4.69) is 32.0 Å². The topological polar surface area (TPSA) is 9.23 Å². The Labute approximate surface area is 136 Å². The third kappa shape index (κ3) is 18.9. The molecule has 0 aromatic carbocycles. The second-order valence-electron chi connectivity index (χ2n) is 5.18. The molecule has 0 aliphatic heterocycles. The number of hydrogen-bond donors (Lipinski definition) is 0. The van der Waals surface area contributed by atoms with Crippen LogP contribution in [0.2, 0.25) is 4.55 Å². The van der Waals surface area contributed by atoms with Crippen LogP contribution in [0, 0.1) is 0 Å². The summed E-state index contributed by atoms with van der Waals surface area (Å²) in [4.78, 5) is 0. The summed E-state index contributed by atoms with van der Waals surface area (Å²) in [6.45, 7) is 4.17. The van der Waals surface area contributed by atoms with Crippen molar-refractivity contribution in [3.63, 3.8) is 0 Å². The number of hydrogen-bond acceptors (Lipinski definition) is 1. The van der Waals surface area contributed by atoms with Crippen molar-refractivity contribution in [3.8, 4) is 0 Å². The molecule has 0 spiro atoms. The van der Waals surface area contributed by atoms with E-state index >= 15 is 0 Å². The Kier molecular flexibility index (Phi) is 19.9. The SMILES string of the molecule is CCCCCCCCCOCCC/C=C/C[CH2][Mg][Br]. The lowest BCUT2D eigenvalue weighted by Crippen LogP contribution is -1.96. The molecule has 0 aromatic heterocycles. The van der Waals surface area contributed by atoms with Crippen LogP contribution < -0.4 is 0 Å². The summed E-state index contributed by atoms with van der Waals surface area (Å²) in [6, 6.07) is 0. The molecule has 0 radical (unpaired) electrons. The molecule has 19 heavy (non-hydrogen) atoms. The van der Waals surface area contributed by atoms with Crippen LogP contribution in [0.3, 0.4) is 0 Å². The van der Waals surface area contributed by atoms with Crippen LogP contribution in [0.5, 0.6) is 0 Å². The van der Waals surface area contributed by atoms with Crippen LogP contribution in [0.25, 0.3) is 0 Å². The lowest BCUT2D eigenvalue weighted by Gasteiger charge is -2.03. The van der Waals surface area contributed by atoms with Crippen LogP contribution in [-0.2, 0) is 4.74 Å². The maximum absolute atomic E-state index is 5.65. The number of allylic oxidation sites excluding steroid dienone is 2. The summed E-state index contributed by atoms with van der Waals surface area (Å²) in [6.07, 6.45) is 17.8. The molecule has 0 amide bonds. The Morgan fingerprint density at radius 1 is 0.842 bits per heavy atom. The first-order valence-corrected chi connectivity index (χ1v) is 13.1. The van der Waals surface area contributed by atoms with Gasteiger partial charge in [-0.1, -0.05) is 64.0 Å². The molecule has 0 aliphatic carbocycles. The first kappa shape index (κ1) is 19.9. The Balaban J connectivity index is 2.97. The molecule has 0 aromatic rings. The molecule has 0 saturated heterocycles. The molecule has 0 saturated carbocycles. The second-order valence-corrected chi connectivity index (χ2v) is 8.64. The van der Waals surface area contributed by atoms with E-state index in [1.165, 1.54) is 68.8 Å². The Morgan fingerprint density at radius 3 is 2.21 bits per heavy atom. The van der Waals surface area contributed by atoms with Crippen molar-refractivity contribution in [3.05, 3.63) is 12.2 Å². The van der Waals surface area contributed by atoms with Gasteiger partial charge in [-0.25, -0.2) is 0 Å². The largest absolute Gasteiger partial charge is 0.468 e. The van der Waals surface area contributed by atoms with Gasteiger partial charge in [-0.2, -0.15) is 0 Å². The normalized spacial score (nSPS) is 11.1. The molecule has 0 aliphatic rings. The summed E-state index contributed by atoms with van der Waals surface area (Å²) in [5, 5.41) is 0. The van der Waals surface area contributed by atoms with E-state index in [0.717, 1.165) is 13.2 Å². The van der Waals surface area contributed by atoms with Gasteiger partial charge < -0.3 is 17.6 Å². The minimum absolute atomic E-state index is 0.0873. The lowest BCUT2D eigenvalue weighted by atomic mass is 10.1. The molecule has 0 atom stereocenters. The van der Waals surface area contributed by atoms with E-state index in [1.54, 1.807) is 0 Å².